The Labute approximate surface area is 85.5 Å². The third-order valence-corrected chi connectivity index (χ3v) is 3.54. The van der Waals surface area contributed by atoms with Crippen LogP contribution in [0.1, 0.15) is 27.7 Å². The van der Waals surface area contributed by atoms with Gasteiger partial charge in [0.2, 0.25) is 0 Å². The highest BCUT2D eigenvalue weighted by Crippen LogP contribution is 2.54. The average molecular weight is 222 g/mol. The lowest BCUT2D eigenvalue weighted by molar-refractivity contribution is 0.112. The fourth-order valence-electron chi connectivity index (χ4n) is 0.866. The molecule has 0 heterocycles. The summed E-state index contributed by atoms with van der Waals surface area (Å²) in [7, 11) is -3.49. The maximum absolute atomic E-state index is 12.0. The van der Waals surface area contributed by atoms with Gasteiger partial charge in [0.25, 0.3) is 0 Å². The molecule has 0 fully saturated rings. The zero-order valence-electron chi connectivity index (χ0n) is 9.14. The molecule has 0 rings (SSSR count). The summed E-state index contributed by atoms with van der Waals surface area (Å²) in [5, 5.41) is 9.44. The van der Waals surface area contributed by atoms with Crippen molar-refractivity contribution in [1.82, 2.24) is 0 Å². The molecule has 0 unspecified atom stereocenters. The van der Waals surface area contributed by atoms with Gasteiger partial charge >= 0.3 is 7.60 Å². The molecule has 0 amide bonds. The van der Waals surface area contributed by atoms with Crippen LogP contribution in [0.5, 0.6) is 0 Å². The number of aliphatic hydroxyl groups excluding tert-OH is 1. The SMILES string of the molecule is C=C[C@H](O)P(=O)(OC(C)C)OC(C)C. The lowest BCUT2D eigenvalue weighted by Gasteiger charge is -2.24. The topological polar surface area (TPSA) is 55.8 Å². The Morgan fingerprint density at radius 3 is 1.79 bits per heavy atom. The second-order valence-electron chi connectivity index (χ2n) is 3.50. The predicted octanol–water partition coefficient (Wildman–Crippen LogP) is 2.53. The maximum atomic E-state index is 12.0. The van der Waals surface area contributed by atoms with E-state index in [-0.39, 0.29) is 12.2 Å². The molecule has 0 aromatic carbocycles. The first kappa shape index (κ1) is 13.8. The smallest absolute Gasteiger partial charge is 0.363 e. The van der Waals surface area contributed by atoms with E-state index >= 15 is 0 Å². The molecule has 0 aliphatic carbocycles. The second-order valence-corrected chi connectivity index (χ2v) is 5.53. The van der Waals surface area contributed by atoms with Crippen molar-refractivity contribution in [3.05, 3.63) is 12.7 Å². The number of rotatable bonds is 6. The lowest BCUT2D eigenvalue weighted by Crippen LogP contribution is -2.16. The molecule has 84 valence electrons. The molecule has 0 bridgehead atoms. The Kier molecular flexibility index (Phi) is 5.60. The van der Waals surface area contributed by atoms with E-state index in [1.54, 1.807) is 27.7 Å². The normalized spacial score (nSPS) is 14.8. The third kappa shape index (κ3) is 4.38. The molecule has 0 radical (unpaired) electrons. The summed E-state index contributed by atoms with van der Waals surface area (Å²) in [5.41, 5.74) is 0. The van der Waals surface area contributed by atoms with Crippen LogP contribution >= 0.6 is 7.60 Å². The number of aliphatic hydroxyl groups is 1. The van der Waals surface area contributed by atoms with E-state index in [0.29, 0.717) is 0 Å². The van der Waals surface area contributed by atoms with Gasteiger partial charge in [-0.3, -0.25) is 4.57 Å². The molecule has 14 heavy (non-hydrogen) atoms. The summed E-state index contributed by atoms with van der Waals surface area (Å²) >= 11 is 0. The van der Waals surface area contributed by atoms with Crippen LogP contribution in [0, 0.1) is 0 Å². The van der Waals surface area contributed by atoms with Crippen LogP contribution in [-0.4, -0.2) is 23.2 Å². The monoisotopic (exact) mass is 222 g/mol. The maximum Gasteiger partial charge on any atom is 0.363 e. The zero-order chi connectivity index (χ0) is 11.4. The van der Waals surface area contributed by atoms with E-state index in [1.165, 1.54) is 0 Å². The fraction of sp³-hybridized carbons (Fsp3) is 0.778. The van der Waals surface area contributed by atoms with E-state index in [9.17, 15) is 9.67 Å². The second kappa shape index (κ2) is 5.66. The molecular formula is C9H19O4P. The minimum Gasteiger partial charge on any atom is -0.377 e. The van der Waals surface area contributed by atoms with E-state index in [4.69, 9.17) is 9.05 Å². The third-order valence-electron chi connectivity index (χ3n) is 1.25. The summed E-state index contributed by atoms with van der Waals surface area (Å²) in [4.78, 5) is 0. The molecule has 0 spiro atoms. The quantitative estimate of drug-likeness (QED) is 0.554. The molecule has 5 heteroatoms. The van der Waals surface area contributed by atoms with Crippen molar-refractivity contribution < 1.29 is 18.7 Å². The van der Waals surface area contributed by atoms with Gasteiger partial charge in [-0.25, -0.2) is 0 Å². The first-order chi connectivity index (χ1) is 6.31. The van der Waals surface area contributed by atoms with Gasteiger partial charge in [-0.1, -0.05) is 12.7 Å². The highest BCUT2D eigenvalue weighted by molar-refractivity contribution is 7.54. The Balaban J connectivity index is 4.66. The van der Waals surface area contributed by atoms with Crippen LogP contribution in [0.15, 0.2) is 12.7 Å². The van der Waals surface area contributed by atoms with Crippen LogP contribution in [0.2, 0.25) is 0 Å². The first-order valence-corrected chi connectivity index (χ1v) is 6.20. The van der Waals surface area contributed by atoms with Crippen LogP contribution in [-0.2, 0) is 13.6 Å². The van der Waals surface area contributed by atoms with Gasteiger partial charge in [0.1, 0.15) is 0 Å². The summed E-state index contributed by atoms with van der Waals surface area (Å²) < 4.78 is 22.2. The van der Waals surface area contributed by atoms with Crippen LogP contribution in [0.4, 0.5) is 0 Å². The number of hydrogen-bond acceptors (Lipinski definition) is 4. The Hall–Kier alpha value is -0.150. The predicted molar refractivity (Wildman–Crippen MR) is 56.3 cm³/mol. The Morgan fingerprint density at radius 1 is 1.21 bits per heavy atom. The van der Waals surface area contributed by atoms with Crippen LogP contribution < -0.4 is 0 Å². The molecular weight excluding hydrogens is 203 g/mol. The van der Waals surface area contributed by atoms with E-state index in [1.807, 2.05) is 0 Å². The fourth-order valence-corrected chi connectivity index (χ4v) is 2.60. The first-order valence-electron chi connectivity index (χ1n) is 4.59. The van der Waals surface area contributed by atoms with Crippen molar-refractivity contribution >= 4 is 7.60 Å². The minimum atomic E-state index is -3.49. The Morgan fingerprint density at radius 2 is 1.57 bits per heavy atom. The highest BCUT2D eigenvalue weighted by Gasteiger charge is 2.34. The average Bonchev–Trinajstić information content (AvgIpc) is 1.99. The van der Waals surface area contributed by atoms with Crippen molar-refractivity contribution in [3.8, 4) is 0 Å². The van der Waals surface area contributed by atoms with Gasteiger partial charge in [-0.15, -0.1) is 0 Å². The van der Waals surface area contributed by atoms with Gasteiger partial charge in [-0.05, 0) is 27.7 Å². The van der Waals surface area contributed by atoms with Gasteiger partial charge in [0.05, 0.1) is 12.2 Å². The van der Waals surface area contributed by atoms with Gasteiger partial charge in [0, 0.05) is 0 Å². The van der Waals surface area contributed by atoms with E-state index < -0.39 is 13.4 Å². The summed E-state index contributed by atoms with van der Waals surface area (Å²) in [6, 6.07) is 0. The molecule has 0 aromatic rings. The lowest BCUT2D eigenvalue weighted by atomic mass is 10.5. The van der Waals surface area contributed by atoms with Crippen molar-refractivity contribution in [1.29, 1.82) is 0 Å². The molecule has 1 atom stereocenters. The highest BCUT2D eigenvalue weighted by atomic mass is 31.2. The van der Waals surface area contributed by atoms with E-state index in [0.717, 1.165) is 6.08 Å². The molecule has 0 saturated heterocycles. The summed E-state index contributed by atoms with van der Waals surface area (Å²) in [6.45, 7) is 10.3. The van der Waals surface area contributed by atoms with Crippen molar-refractivity contribution in [2.24, 2.45) is 0 Å². The van der Waals surface area contributed by atoms with Gasteiger partial charge in [-0.2, -0.15) is 0 Å². The van der Waals surface area contributed by atoms with Crippen molar-refractivity contribution in [3.63, 3.8) is 0 Å². The number of hydrogen-bond donors (Lipinski definition) is 1. The Bertz CT molecular complexity index is 211. The molecule has 0 saturated carbocycles. The molecule has 4 nitrogen and oxygen atoms in total. The molecule has 0 aliphatic rings. The molecule has 0 aliphatic heterocycles. The largest absolute Gasteiger partial charge is 0.377 e. The zero-order valence-corrected chi connectivity index (χ0v) is 10.0. The summed E-state index contributed by atoms with van der Waals surface area (Å²) in [5.74, 6) is -1.27. The minimum absolute atomic E-state index is 0.269. The molecule has 1 N–H and O–H groups in total. The van der Waals surface area contributed by atoms with Crippen LogP contribution in [0.25, 0.3) is 0 Å². The van der Waals surface area contributed by atoms with Crippen molar-refractivity contribution in [2.45, 2.75) is 45.7 Å². The standard InChI is InChI=1S/C9H19O4P/c1-6-9(10)14(11,12-7(2)3)13-8(4)5/h6-10H,1H2,2-5H3/t9-/m1/s1. The van der Waals surface area contributed by atoms with Gasteiger partial charge < -0.3 is 14.2 Å². The van der Waals surface area contributed by atoms with Gasteiger partial charge in [0.15, 0.2) is 5.85 Å². The molecule has 0 aromatic heterocycles. The van der Waals surface area contributed by atoms with Crippen LogP contribution in [0.3, 0.4) is 0 Å². The summed E-state index contributed by atoms with van der Waals surface area (Å²) in [6.07, 6.45) is 0.620. The van der Waals surface area contributed by atoms with Crippen molar-refractivity contribution in [2.75, 3.05) is 0 Å². The van der Waals surface area contributed by atoms with E-state index in [2.05, 4.69) is 6.58 Å².